The number of hydrogen-bond acceptors (Lipinski definition) is 4. The van der Waals surface area contributed by atoms with Crippen LogP contribution in [0.5, 0.6) is 0 Å². The molecule has 0 aromatic rings. The molecule has 0 amide bonds. The lowest BCUT2D eigenvalue weighted by Gasteiger charge is -2.15. The molecule has 76 valence electrons. The highest BCUT2D eigenvalue weighted by Crippen LogP contribution is 2.03. The number of esters is 1. The van der Waals surface area contributed by atoms with Gasteiger partial charge in [-0.1, -0.05) is 13.8 Å². The van der Waals surface area contributed by atoms with Crippen LogP contribution < -0.4 is 5.73 Å². The van der Waals surface area contributed by atoms with Crippen LogP contribution in [0, 0.1) is 5.92 Å². The standard InChI is InChI=1S/C9H17NO3/c1-5(2)8(11)7(4)13-9(12)6(3)10/h5-7H,10H2,1-4H3/t6-,7-/m0/s1. The zero-order chi connectivity index (χ0) is 10.6. The highest BCUT2D eigenvalue weighted by molar-refractivity contribution is 5.87. The number of carbonyl (C=O) groups excluding carboxylic acids is 2. The van der Waals surface area contributed by atoms with Gasteiger partial charge < -0.3 is 10.5 Å². The third-order valence-electron chi connectivity index (χ3n) is 1.63. The number of carbonyl (C=O) groups is 2. The molecule has 0 saturated carbocycles. The summed E-state index contributed by atoms with van der Waals surface area (Å²) in [5.41, 5.74) is 5.27. The number of Topliss-reactive ketones (excluding diaryl/α,β-unsaturated/α-hetero) is 1. The van der Waals surface area contributed by atoms with Crippen LogP contribution in [0.15, 0.2) is 0 Å². The fourth-order valence-corrected chi connectivity index (χ4v) is 0.809. The minimum Gasteiger partial charge on any atom is -0.454 e. The Labute approximate surface area is 78.4 Å². The summed E-state index contributed by atoms with van der Waals surface area (Å²) in [6.45, 7) is 6.61. The van der Waals surface area contributed by atoms with Gasteiger partial charge in [-0.3, -0.25) is 9.59 Å². The molecule has 13 heavy (non-hydrogen) atoms. The van der Waals surface area contributed by atoms with E-state index in [9.17, 15) is 9.59 Å². The van der Waals surface area contributed by atoms with Crippen LogP contribution in [0.25, 0.3) is 0 Å². The largest absolute Gasteiger partial charge is 0.454 e. The highest BCUT2D eigenvalue weighted by atomic mass is 16.5. The molecule has 0 rings (SSSR count). The van der Waals surface area contributed by atoms with Crippen LogP contribution in [0.4, 0.5) is 0 Å². The van der Waals surface area contributed by atoms with Gasteiger partial charge in [0.25, 0.3) is 0 Å². The first-order valence-corrected chi connectivity index (χ1v) is 4.36. The summed E-state index contributed by atoms with van der Waals surface area (Å²) in [7, 11) is 0. The van der Waals surface area contributed by atoms with E-state index in [1.54, 1.807) is 20.8 Å². The zero-order valence-electron chi connectivity index (χ0n) is 8.53. The van der Waals surface area contributed by atoms with Gasteiger partial charge in [0.15, 0.2) is 11.9 Å². The smallest absolute Gasteiger partial charge is 0.323 e. The fourth-order valence-electron chi connectivity index (χ4n) is 0.809. The summed E-state index contributed by atoms with van der Waals surface area (Å²) < 4.78 is 4.82. The first kappa shape index (κ1) is 12.1. The van der Waals surface area contributed by atoms with E-state index in [0.717, 1.165) is 0 Å². The van der Waals surface area contributed by atoms with Gasteiger partial charge in [0.2, 0.25) is 0 Å². The van der Waals surface area contributed by atoms with E-state index in [2.05, 4.69) is 0 Å². The fraction of sp³-hybridized carbons (Fsp3) is 0.778. The van der Waals surface area contributed by atoms with Crippen molar-refractivity contribution in [3.05, 3.63) is 0 Å². The minimum absolute atomic E-state index is 0.0889. The number of ether oxygens (including phenoxy) is 1. The normalized spacial score (nSPS) is 15.2. The maximum absolute atomic E-state index is 11.3. The molecule has 0 aliphatic rings. The Bertz CT molecular complexity index is 199. The minimum atomic E-state index is -0.696. The second-order valence-corrected chi connectivity index (χ2v) is 3.42. The maximum atomic E-state index is 11.3. The summed E-state index contributed by atoms with van der Waals surface area (Å²) in [6, 6.07) is -0.678. The summed E-state index contributed by atoms with van der Waals surface area (Å²) in [5.74, 6) is -0.758. The van der Waals surface area contributed by atoms with Crippen LogP contribution in [0.1, 0.15) is 27.7 Å². The van der Waals surface area contributed by atoms with Crippen molar-refractivity contribution in [1.82, 2.24) is 0 Å². The van der Waals surface area contributed by atoms with Crippen molar-refractivity contribution in [3.63, 3.8) is 0 Å². The van der Waals surface area contributed by atoms with Gasteiger partial charge in [-0.2, -0.15) is 0 Å². The van der Waals surface area contributed by atoms with E-state index in [0.29, 0.717) is 0 Å². The van der Waals surface area contributed by atoms with Gasteiger partial charge in [-0.15, -0.1) is 0 Å². The lowest BCUT2D eigenvalue weighted by molar-refractivity contribution is -0.155. The quantitative estimate of drug-likeness (QED) is 0.650. The molecule has 2 N–H and O–H groups in total. The van der Waals surface area contributed by atoms with Crippen LogP contribution in [0.3, 0.4) is 0 Å². The van der Waals surface area contributed by atoms with E-state index in [-0.39, 0.29) is 11.7 Å². The van der Waals surface area contributed by atoms with Crippen LogP contribution in [-0.4, -0.2) is 23.9 Å². The molecule has 4 nitrogen and oxygen atoms in total. The predicted octanol–water partition coefficient (Wildman–Crippen LogP) is 0.490. The van der Waals surface area contributed by atoms with Crippen LogP contribution >= 0.6 is 0 Å². The third kappa shape index (κ3) is 4.03. The average Bonchev–Trinajstić information content (AvgIpc) is 2.02. The summed E-state index contributed by atoms with van der Waals surface area (Å²) >= 11 is 0. The molecule has 0 saturated heterocycles. The van der Waals surface area contributed by atoms with E-state index in [1.807, 2.05) is 0 Å². The summed E-state index contributed by atoms with van der Waals surface area (Å²) in [5, 5.41) is 0. The molecule has 0 aliphatic heterocycles. The zero-order valence-corrected chi connectivity index (χ0v) is 8.53. The van der Waals surface area contributed by atoms with E-state index in [4.69, 9.17) is 10.5 Å². The van der Waals surface area contributed by atoms with Gasteiger partial charge in [-0.05, 0) is 13.8 Å². The van der Waals surface area contributed by atoms with Crippen molar-refractivity contribution in [1.29, 1.82) is 0 Å². The van der Waals surface area contributed by atoms with Gasteiger partial charge in [-0.25, -0.2) is 0 Å². The lowest BCUT2D eigenvalue weighted by Crippen LogP contribution is -2.35. The second-order valence-electron chi connectivity index (χ2n) is 3.42. The summed E-state index contributed by atoms with van der Waals surface area (Å²) in [6.07, 6.45) is -0.696. The van der Waals surface area contributed by atoms with E-state index >= 15 is 0 Å². The van der Waals surface area contributed by atoms with Crippen molar-refractivity contribution in [2.45, 2.75) is 39.8 Å². The molecule has 0 bridgehead atoms. The Kier molecular flexibility index (Phi) is 4.62. The molecule has 0 fully saturated rings. The van der Waals surface area contributed by atoms with Gasteiger partial charge in [0, 0.05) is 5.92 Å². The molecule has 0 radical (unpaired) electrons. The Hall–Kier alpha value is -0.900. The van der Waals surface area contributed by atoms with Gasteiger partial charge in [0.05, 0.1) is 0 Å². The molecule has 0 unspecified atom stereocenters. The van der Waals surface area contributed by atoms with Crippen LogP contribution in [0.2, 0.25) is 0 Å². The molecule has 0 heterocycles. The third-order valence-corrected chi connectivity index (χ3v) is 1.63. The average molecular weight is 187 g/mol. The van der Waals surface area contributed by atoms with Crippen molar-refractivity contribution >= 4 is 11.8 Å². The van der Waals surface area contributed by atoms with Gasteiger partial charge >= 0.3 is 5.97 Å². The molecule has 0 aliphatic carbocycles. The Morgan fingerprint density at radius 3 is 1.92 bits per heavy atom. The second kappa shape index (κ2) is 4.97. The Morgan fingerprint density at radius 2 is 1.62 bits per heavy atom. The predicted molar refractivity (Wildman–Crippen MR) is 49.0 cm³/mol. The van der Waals surface area contributed by atoms with E-state index in [1.165, 1.54) is 6.92 Å². The summed E-state index contributed by atoms with van der Waals surface area (Å²) in [4.78, 5) is 22.3. The maximum Gasteiger partial charge on any atom is 0.323 e. The molecular formula is C9H17NO3. The number of ketones is 1. The Balaban J connectivity index is 4.08. The topological polar surface area (TPSA) is 69.4 Å². The molecule has 4 heteroatoms. The van der Waals surface area contributed by atoms with Crippen molar-refractivity contribution in [3.8, 4) is 0 Å². The monoisotopic (exact) mass is 187 g/mol. The molecule has 0 spiro atoms. The number of rotatable bonds is 4. The molecule has 2 atom stereocenters. The highest BCUT2D eigenvalue weighted by Gasteiger charge is 2.21. The first-order valence-electron chi connectivity index (χ1n) is 4.36. The van der Waals surface area contributed by atoms with Gasteiger partial charge in [0.1, 0.15) is 6.04 Å². The number of hydrogen-bond donors (Lipinski definition) is 1. The SMILES string of the molecule is CC(C)C(=O)[C@H](C)OC(=O)[C@H](C)N. The van der Waals surface area contributed by atoms with Crippen molar-refractivity contribution < 1.29 is 14.3 Å². The lowest BCUT2D eigenvalue weighted by atomic mass is 10.1. The van der Waals surface area contributed by atoms with Crippen LogP contribution in [-0.2, 0) is 14.3 Å². The molecule has 0 aromatic carbocycles. The molecule has 0 aromatic heterocycles. The van der Waals surface area contributed by atoms with Crippen molar-refractivity contribution in [2.75, 3.05) is 0 Å². The molecular weight excluding hydrogens is 170 g/mol. The first-order chi connectivity index (χ1) is 5.86. The van der Waals surface area contributed by atoms with Crippen molar-refractivity contribution in [2.24, 2.45) is 11.7 Å². The Morgan fingerprint density at radius 1 is 1.15 bits per heavy atom. The number of nitrogens with two attached hydrogens (primary N) is 1. The van der Waals surface area contributed by atoms with E-state index < -0.39 is 18.1 Å².